The Morgan fingerprint density at radius 3 is 2.30 bits per heavy atom. The van der Waals surface area contributed by atoms with E-state index in [2.05, 4.69) is 41.6 Å². The third-order valence-electron chi connectivity index (χ3n) is 2.95. The van der Waals surface area contributed by atoms with Gasteiger partial charge in [0.05, 0.1) is 0 Å². The summed E-state index contributed by atoms with van der Waals surface area (Å²) >= 11 is 0. The van der Waals surface area contributed by atoms with Gasteiger partial charge in [0.25, 0.3) is 0 Å². The smallest absolute Gasteiger partial charge is 0.248 e. The van der Waals surface area contributed by atoms with Crippen molar-refractivity contribution in [3.05, 3.63) is 11.8 Å². The minimum absolute atomic E-state index is 0.0000663. The molecule has 0 saturated heterocycles. The molecule has 20 heavy (non-hydrogen) atoms. The van der Waals surface area contributed by atoms with Crippen LogP contribution in [-0.2, 0) is 15.0 Å². The fourth-order valence-electron chi connectivity index (χ4n) is 1.73. The van der Waals surface area contributed by atoms with Gasteiger partial charge in [-0.05, 0) is 5.92 Å². The predicted molar refractivity (Wildman–Crippen MR) is 78.4 cm³/mol. The highest BCUT2D eigenvalue weighted by Crippen LogP contribution is 2.22. The van der Waals surface area contributed by atoms with E-state index in [1.54, 1.807) is 0 Å². The summed E-state index contributed by atoms with van der Waals surface area (Å²) in [5.74, 6) is -0.0192. The van der Waals surface area contributed by atoms with Gasteiger partial charge in [-0.3, -0.25) is 14.7 Å². The van der Waals surface area contributed by atoms with Crippen LogP contribution in [0, 0.1) is 5.92 Å². The van der Waals surface area contributed by atoms with Gasteiger partial charge in [0.1, 0.15) is 6.04 Å². The molecule has 0 spiro atoms. The Labute approximate surface area is 119 Å². The number of hydrogen-bond acceptors (Lipinski definition) is 3. The van der Waals surface area contributed by atoms with E-state index in [0.29, 0.717) is 5.82 Å². The highest BCUT2D eigenvalue weighted by atomic mass is 16.2. The molecule has 0 radical (unpaired) electrons. The number of nitrogens with zero attached hydrogens (tertiary/aromatic N) is 1. The third-order valence-corrected chi connectivity index (χ3v) is 2.95. The Hall–Kier alpha value is -1.85. The van der Waals surface area contributed by atoms with Gasteiger partial charge in [-0.1, -0.05) is 34.6 Å². The van der Waals surface area contributed by atoms with Gasteiger partial charge in [0, 0.05) is 24.1 Å². The van der Waals surface area contributed by atoms with Crippen molar-refractivity contribution in [1.82, 2.24) is 15.5 Å². The summed E-state index contributed by atoms with van der Waals surface area (Å²) in [6.45, 7) is 11.3. The van der Waals surface area contributed by atoms with Crippen LogP contribution in [0.2, 0.25) is 0 Å². The number of hydrogen-bond donors (Lipinski definition) is 3. The maximum absolute atomic E-state index is 12.2. The van der Waals surface area contributed by atoms with Crippen LogP contribution in [0.5, 0.6) is 0 Å². The molecule has 1 heterocycles. The van der Waals surface area contributed by atoms with E-state index in [0.717, 1.165) is 5.69 Å². The van der Waals surface area contributed by atoms with Crippen molar-refractivity contribution in [1.29, 1.82) is 0 Å². The standard InChI is InChI=1S/C14H24N4O2/c1-8(2)12(15-9(3)19)13(20)16-11-7-10(17-18-11)14(4,5)6/h7-8,12H,1-6H3,(H,15,19)(H2,16,17,18,20). The summed E-state index contributed by atoms with van der Waals surface area (Å²) in [7, 11) is 0. The number of aromatic amines is 1. The molecule has 1 aromatic heterocycles. The van der Waals surface area contributed by atoms with Gasteiger partial charge >= 0.3 is 0 Å². The second-order valence-electron chi connectivity index (χ2n) is 6.33. The average Bonchev–Trinajstić information content (AvgIpc) is 2.73. The van der Waals surface area contributed by atoms with Crippen molar-refractivity contribution in [3.63, 3.8) is 0 Å². The van der Waals surface area contributed by atoms with E-state index < -0.39 is 6.04 Å². The van der Waals surface area contributed by atoms with Crippen molar-refractivity contribution in [2.75, 3.05) is 5.32 Å². The van der Waals surface area contributed by atoms with Crippen molar-refractivity contribution in [2.24, 2.45) is 5.92 Å². The second-order valence-corrected chi connectivity index (χ2v) is 6.33. The Morgan fingerprint density at radius 2 is 1.90 bits per heavy atom. The maximum atomic E-state index is 12.2. The lowest BCUT2D eigenvalue weighted by Gasteiger charge is -2.20. The largest absolute Gasteiger partial charge is 0.344 e. The van der Waals surface area contributed by atoms with Gasteiger partial charge in [-0.25, -0.2) is 0 Å². The molecule has 2 amide bonds. The SMILES string of the molecule is CC(=O)NC(C(=O)Nc1cc(C(C)(C)C)[nH]n1)C(C)C. The van der Waals surface area contributed by atoms with E-state index in [9.17, 15) is 9.59 Å². The molecule has 3 N–H and O–H groups in total. The number of carbonyl (C=O) groups excluding carboxylic acids is 2. The lowest BCUT2D eigenvalue weighted by atomic mass is 9.92. The van der Waals surface area contributed by atoms with Crippen LogP contribution < -0.4 is 10.6 Å². The van der Waals surface area contributed by atoms with Crippen LogP contribution in [0.25, 0.3) is 0 Å². The van der Waals surface area contributed by atoms with E-state index >= 15 is 0 Å². The molecule has 0 aliphatic heterocycles. The number of amides is 2. The maximum Gasteiger partial charge on any atom is 0.248 e. The number of H-pyrrole nitrogens is 1. The summed E-state index contributed by atoms with van der Waals surface area (Å²) in [5, 5.41) is 12.4. The first-order valence-electron chi connectivity index (χ1n) is 6.75. The van der Waals surface area contributed by atoms with Crippen LogP contribution in [0.15, 0.2) is 6.07 Å². The zero-order valence-electron chi connectivity index (χ0n) is 13.0. The minimum atomic E-state index is -0.567. The first-order chi connectivity index (χ1) is 9.11. The number of rotatable bonds is 4. The predicted octanol–water partition coefficient (Wildman–Crippen LogP) is 1.81. The molecule has 1 unspecified atom stereocenters. The highest BCUT2D eigenvalue weighted by Gasteiger charge is 2.24. The second kappa shape index (κ2) is 6.07. The van der Waals surface area contributed by atoms with Crippen molar-refractivity contribution in [3.8, 4) is 0 Å². The molecule has 0 aliphatic rings. The van der Waals surface area contributed by atoms with Crippen molar-refractivity contribution in [2.45, 2.75) is 53.0 Å². The molecule has 6 nitrogen and oxygen atoms in total. The molecular formula is C14H24N4O2. The van der Waals surface area contributed by atoms with E-state index in [1.807, 2.05) is 19.9 Å². The highest BCUT2D eigenvalue weighted by molar-refractivity contribution is 5.96. The van der Waals surface area contributed by atoms with Crippen LogP contribution in [0.3, 0.4) is 0 Å². The molecule has 0 aliphatic carbocycles. The zero-order valence-corrected chi connectivity index (χ0v) is 13.0. The molecule has 112 valence electrons. The van der Waals surface area contributed by atoms with Crippen molar-refractivity contribution < 1.29 is 9.59 Å². The normalized spacial score (nSPS) is 13.2. The number of anilines is 1. The van der Waals surface area contributed by atoms with Crippen LogP contribution in [0.4, 0.5) is 5.82 Å². The third kappa shape index (κ3) is 4.36. The Morgan fingerprint density at radius 1 is 1.30 bits per heavy atom. The van der Waals surface area contributed by atoms with E-state index in [4.69, 9.17) is 0 Å². The molecule has 1 atom stereocenters. The fraction of sp³-hybridized carbons (Fsp3) is 0.643. The monoisotopic (exact) mass is 280 g/mol. The van der Waals surface area contributed by atoms with Gasteiger partial charge in [-0.15, -0.1) is 0 Å². The first-order valence-corrected chi connectivity index (χ1v) is 6.75. The van der Waals surface area contributed by atoms with E-state index in [1.165, 1.54) is 6.92 Å². The van der Waals surface area contributed by atoms with Gasteiger partial charge in [0.15, 0.2) is 5.82 Å². The number of aromatic nitrogens is 2. The number of nitrogens with one attached hydrogen (secondary N) is 3. The molecule has 0 saturated carbocycles. The lowest BCUT2D eigenvalue weighted by Crippen LogP contribution is -2.46. The molecule has 0 aromatic carbocycles. The molecule has 6 heteroatoms. The van der Waals surface area contributed by atoms with Crippen LogP contribution >= 0.6 is 0 Å². The lowest BCUT2D eigenvalue weighted by molar-refractivity contribution is -0.126. The molecule has 0 fully saturated rings. The van der Waals surface area contributed by atoms with Crippen LogP contribution in [0.1, 0.15) is 47.2 Å². The quantitative estimate of drug-likeness (QED) is 0.786. The van der Waals surface area contributed by atoms with E-state index in [-0.39, 0.29) is 23.1 Å². The zero-order chi connectivity index (χ0) is 15.5. The summed E-state index contributed by atoms with van der Waals surface area (Å²) in [5.41, 5.74) is 0.874. The summed E-state index contributed by atoms with van der Waals surface area (Å²) < 4.78 is 0. The number of carbonyl (C=O) groups is 2. The summed E-state index contributed by atoms with van der Waals surface area (Å²) in [6, 6.07) is 1.24. The average molecular weight is 280 g/mol. The van der Waals surface area contributed by atoms with Gasteiger partial charge < -0.3 is 10.6 Å². The first kappa shape index (κ1) is 16.2. The molecule has 1 rings (SSSR count). The molecule has 0 bridgehead atoms. The van der Waals surface area contributed by atoms with Gasteiger partial charge in [-0.2, -0.15) is 5.10 Å². The Kier molecular flexibility index (Phi) is 4.92. The summed E-state index contributed by atoms with van der Waals surface area (Å²) in [4.78, 5) is 23.3. The fourth-order valence-corrected chi connectivity index (χ4v) is 1.73. The Balaban J connectivity index is 2.78. The van der Waals surface area contributed by atoms with Gasteiger partial charge in [0.2, 0.25) is 11.8 Å². The van der Waals surface area contributed by atoms with Crippen molar-refractivity contribution >= 4 is 17.6 Å². The summed E-state index contributed by atoms with van der Waals surface area (Å²) in [6.07, 6.45) is 0. The molecular weight excluding hydrogens is 256 g/mol. The Bertz CT molecular complexity index is 486. The molecule has 1 aromatic rings. The topological polar surface area (TPSA) is 86.9 Å². The van der Waals surface area contributed by atoms with Crippen LogP contribution in [-0.4, -0.2) is 28.1 Å². The minimum Gasteiger partial charge on any atom is -0.344 e.